The van der Waals surface area contributed by atoms with Crippen molar-refractivity contribution in [1.82, 2.24) is 5.32 Å². The number of nitrogens with one attached hydrogen (secondary N) is 1. The van der Waals surface area contributed by atoms with Crippen molar-refractivity contribution < 1.29 is 4.42 Å². The molecule has 1 N–H and O–H groups in total. The minimum atomic E-state index is 0.727. The number of hydrogen-bond acceptors (Lipinski definition) is 2. The first-order chi connectivity index (χ1) is 8.16. The molecular weight excluding hydrogens is 210 g/mol. The molecule has 2 heteroatoms. The molecule has 2 nitrogen and oxygen atoms in total. The van der Waals surface area contributed by atoms with Crippen LogP contribution in [-0.4, -0.2) is 6.04 Å². The number of rotatable bonds is 3. The molecule has 90 valence electrons. The van der Waals surface area contributed by atoms with Gasteiger partial charge in [-0.05, 0) is 50.3 Å². The molecular formula is C15H19NO. The molecule has 1 aromatic heterocycles. The minimum Gasteiger partial charge on any atom is -0.459 e. The molecule has 0 saturated heterocycles. The summed E-state index contributed by atoms with van der Waals surface area (Å²) in [4.78, 5) is 0. The van der Waals surface area contributed by atoms with Crippen molar-refractivity contribution in [3.05, 3.63) is 34.6 Å². The molecule has 3 rings (SSSR count). The lowest BCUT2D eigenvalue weighted by molar-refractivity contribution is 0.508. The smallest absolute Gasteiger partial charge is 0.137 e. The molecule has 0 bridgehead atoms. The van der Waals surface area contributed by atoms with Crippen LogP contribution in [0.4, 0.5) is 0 Å². The fourth-order valence-corrected chi connectivity index (χ4v) is 2.42. The van der Waals surface area contributed by atoms with Gasteiger partial charge in [0.15, 0.2) is 0 Å². The van der Waals surface area contributed by atoms with Gasteiger partial charge >= 0.3 is 0 Å². The molecule has 1 saturated carbocycles. The molecule has 1 aliphatic rings. The largest absolute Gasteiger partial charge is 0.459 e. The van der Waals surface area contributed by atoms with Crippen LogP contribution < -0.4 is 5.32 Å². The van der Waals surface area contributed by atoms with E-state index in [9.17, 15) is 0 Å². The first kappa shape index (κ1) is 10.8. The van der Waals surface area contributed by atoms with Crippen molar-refractivity contribution in [3.8, 4) is 0 Å². The zero-order chi connectivity index (χ0) is 12.0. The number of hydrogen-bond donors (Lipinski definition) is 1. The number of benzene rings is 1. The average molecular weight is 229 g/mol. The quantitative estimate of drug-likeness (QED) is 0.869. The molecule has 1 aromatic carbocycles. The lowest BCUT2D eigenvalue weighted by Crippen LogP contribution is -2.15. The van der Waals surface area contributed by atoms with E-state index in [-0.39, 0.29) is 0 Å². The van der Waals surface area contributed by atoms with Gasteiger partial charge in [-0.3, -0.25) is 0 Å². The maximum Gasteiger partial charge on any atom is 0.137 e. The van der Waals surface area contributed by atoms with Gasteiger partial charge in [-0.15, -0.1) is 0 Å². The third-order valence-electron chi connectivity index (χ3n) is 3.71. The molecule has 0 aliphatic heterocycles. The number of fused-ring (bicyclic) bond motifs is 1. The molecule has 1 heterocycles. The van der Waals surface area contributed by atoms with E-state index in [1.165, 1.54) is 34.9 Å². The van der Waals surface area contributed by atoms with Gasteiger partial charge in [-0.2, -0.15) is 0 Å². The number of furan rings is 1. The van der Waals surface area contributed by atoms with Gasteiger partial charge in [0.1, 0.15) is 11.3 Å². The van der Waals surface area contributed by atoms with E-state index < -0.39 is 0 Å². The van der Waals surface area contributed by atoms with Gasteiger partial charge in [0.05, 0.1) is 6.54 Å². The predicted octanol–water partition coefficient (Wildman–Crippen LogP) is 3.61. The maximum absolute atomic E-state index is 6.03. The van der Waals surface area contributed by atoms with Gasteiger partial charge in [0.2, 0.25) is 0 Å². The summed E-state index contributed by atoms with van der Waals surface area (Å²) in [5.41, 5.74) is 4.90. The van der Waals surface area contributed by atoms with Crippen LogP contribution in [-0.2, 0) is 6.54 Å². The third-order valence-corrected chi connectivity index (χ3v) is 3.71. The highest BCUT2D eigenvalue weighted by molar-refractivity contribution is 5.87. The van der Waals surface area contributed by atoms with Crippen molar-refractivity contribution in [1.29, 1.82) is 0 Å². The maximum atomic E-state index is 6.03. The monoisotopic (exact) mass is 229 g/mol. The summed E-state index contributed by atoms with van der Waals surface area (Å²) in [7, 11) is 0. The summed E-state index contributed by atoms with van der Waals surface area (Å²) >= 11 is 0. The highest BCUT2D eigenvalue weighted by Gasteiger charge is 2.22. The van der Waals surface area contributed by atoms with Crippen molar-refractivity contribution >= 4 is 11.0 Å². The van der Waals surface area contributed by atoms with Crippen molar-refractivity contribution in [3.63, 3.8) is 0 Å². The normalized spacial score (nSPS) is 15.7. The summed E-state index contributed by atoms with van der Waals surface area (Å²) in [5, 5.41) is 4.82. The Morgan fingerprint density at radius 1 is 1.18 bits per heavy atom. The zero-order valence-electron chi connectivity index (χ0n) is 10.8. The average Bonchev–Trinajstić information content (AvgIpc) is 3.06. The third kappa shape index (κ3) is 1.87. The van der Waals surface area contributed by atoms with E-state index in [0.717, 1.165) is 23.9 Å². The molecule has 0 spiro atoms. The lowest BCUT2D eigenvalue weighted by Gasteiger charge is -2.00. The van der Waals surface area contributed by atoms with E-state index in [0.29, 0.717) is 0 Å². The van der Waals surface area contributed by atoms with Crippen LogP contribution in [0.15, 0.2) is 16.5 Å². The second-order valence-electron chi connectivity index (χ2n) is 5.21. The van der Waals surface area contributed by atoms with Crippen molar-refractivity contribution in [2.24, 2.45) is 0 Å². The van der Waals surface area contributed by atoms with Crippen LogP contribution in [0.1, 0.15) is 35.3 Å². The SMILES string of the molecule is Cc1ccc(C)c2c(C)c(CNC3CC3)oc12. The van der Waals surface area contributed by atoms with Crippen LogP contribution in [0.3, 0.4) is 0 Å². The van der Waals surface area contributed by atoms with E-state index in [1.54, 1.807) is 0 Å². The molecule has 1 fully saturated rings. The van der Waals surface area contributed by atoms with E-state index in [1.807, 2.05) is 0 Å². The summed E-state index contributed by atoms with van der Waals surface area (Å²) < 4.78 is 6.03. The molecule has 0 atom stereocenters. The van der Waals surface area contributed by atoms with Gasteiger partial charge in [-0.1, -0.05) is 12.1 Å². The van der Waals surface area contributed by atoms with Crippen LogP contribution in [0, 0.1) is 20.8 Å². The lowest BCUT2D eigenvalue weighted by atomic mass is 10.0. The highest BCUT2D eigenvalue weighted by atomic mass is 16.3. The Labute approximate surface area is 102 Å². The Balaban J connectivity index is 2.03. The first-order valence-electron chi connectivity index (χ1n) is 6.38. The first-order valence-corrected chi connectivity index (χ1v) is 6.38. The molecule has 1 aliphatic carbocycles. The fraction of sp³-hybridized carbons (Fsp3) is 0.467. The van der Waals surface area contributed by atoms with E-state index in [2.05, 4.69) is 38.2 Å². The Kier molecular flexibility index (Phi) is 2.48. The number of aryl methyl sites for hydroxylation is 3. The summed E-state index contributed by atoms with van der Waals surface area (Å²) in [6.07, 6.45) is 2.63. The van der Waals surface area contributed by atoms with E-state index >= 15 is 0 Å². The topological polar surface area (TPSA) is 25.2 Å². The second-order valence-corrected chi connectivity index (χ2v) is 5.21. The molecule has 2 aromatic rings. The Morgan fingerprint density at radius 2 is 1.88 bits per heavy atom. The van der Waals surface area contributed by atoms with Gasteiger partial charge in [0, 0.05) is 11.4 Å². The van der Waals surface area contributed by atoms with Gasteiger partial charge < -0.3 is 9.73 Å². The van der Waals surface area contributed by atoms with Crippen LogP contribution >= 0.6 is 0 Å². The van der Waals surface area contributed by atoms with Crippen LogP contribution in [0.5, 0.6) is 0 Å². The Morgan fingerprint density at radius 3 is 2.53 bits per heavy atom. The van der Waals surface area contributed by atoms with E-state index in [4.69, 9.17) is 4.42 Å². The highest BCUT2D eigenvalue weighted by Crippen LogP contribution is 2.31. The van der Waals surface area contributed by atoms with Crippen molar-refractivity contribution in [2.45, 2.75) is 46.2 Å². The molecule has 17 heavy (non-hydrogen) atoms. The van der Waals surface area contributed by atoms with Crippen molar-refractivity contribution in [2.75, 3.05) is 0 Å². The standard InChI is InChI=1S/C15H19NO/c1-9-4-5-10(2)15-14(9)11(3)13(17-15)8-16-12-6-7-12/h4-5,12,16H,6-8H2,1-3H3. The summed E-state index contributed by atoms with van der Waals surface area (Å²) in [6.45, 7) is 7.30. The molecule has 0 radical (unpaired) electrons. The zero-order valence-corrected chi connectivity index (χ0v) is 10.8. The van der Waals surface area contributed by atoms with Crippen LogP contribution in [0.25, 0.3) is 11.0 Å². The Bertz CT molecular complexity index is 564. The summed E-state index contributed by atoms with van der Waals surface area (Å²) in [6, 6.07) is 5.04. The van der Waals surface area contributed by atoms with Gasteiger partial charge in [0.25, 0.3) is 0 Å². The molecule has 0 unspecified atom stereocenters. The summed E-state index contributed by atoms with van der Waals surface area (Å²) in [5.74, 6) is 1.10. The Hall–Kier alpha value is -1.28. The minimum absolute atomic E-state index is 0.727. The predicted molar refractivity (Wildman–Crippen MR) is 70.3 cm³/mol. The fourth-order valence-electron chi connectivity index (χ4n) is 2.42. The molecule has 0 amide bonds. The van der Waals surface area contributed by atoms with Crippen LogP contribution in [0.2, 0.25) is 0 Å². The second kappa shape index (κ2) is 3.88. The van der Waals surface area contributed by atoms with Gasteiger partial charge in [-0.25, -0.2) is 0 Å².